The van der Waals surface area contributed by atoms with Gasteiger partial charge in [-0.1, -0.05) is 53.9 Å². The average molecular weight is 717 g/mol. The number of benzene rings is 4. The van der Waals surface area contributed by atoms with E-state index in [0.717, 1.165) is 16.8 Å². The van der Waals surface area contributed by atoms with Crippen LogP contribution in [0.5, 0.6) is 0 Å². The normalized spacial score (nSPS) is 12.2. The number of ketones is 1. The third-order valence-electron chi connectivity index (χ3n) is 7.03. The minimum atomic E-state index is -0.125. The zero-order valence-electron chi connectivity index (χ0n) is 22.7. The number of aliphatic hydroxyl groups is 1. The standard InChI is InChI=1S/C29H15N2S.C5H8O2.Ir/c1-3-10-23-18(7-1)28-27-19-8-2-4-11-25(19)32-26(27)16-21-20-15-17(22-9-5-6-14-30-22)12-13-24(20)31(23)29(21)28;1-4(6)3-5(2)7;/h1-11,13-16H;3,6H,1-2H3;/q-1;;/b;4-3-;/i5D;;. The molecular formula is C34H23IrN2O2S-. The van der Waals surface area contributed by atoms with Crippen LogP contribution in [0, 0.1) is 6.07 Å². The van der Waals surface area contributed by atoms with Gasteiger partial charge in [-0.25, -0.2) is 0 Å². The first-order valence-corrected chi connectivity index (χ1v) is 13.5. The van der Waals surface area contributed by atoms with Gasteiger partial charge in [-0.05, 0) is 54.7 Å². The first-order chi connectivity index (χ1) is 19.4. The van der Waals surface area contributed by atoms with Crippen LogP contribution in [0.2, 0.25) is 0 Å². The Balaban J connectivity index is 0.000000340. The van der Waals surface area contributed by atoms with Crippen molar-refractivity contribution >= 4 is 75.4 Å². The largest absolute Gasteiger partial charge is 0.512 e. The Kier molecular flexibility index (Phi) is 6.32. The molecule has 6 heteroatoms. The van der Waals surface area contributed by atoms with E-state index >= 15 is 0 Å². The van der Waals surface area contributed by atoms with Crippen LogP contribution in [0.25, 0.3) is 69.5 Å². The maximum Gasteiger partial charge on any atom is 0.155 e. The number of hydrogen-bond donors (Lipinski definition) is 1. The Morgan fingerprint density at radius 1 is 0.925 bits per heavy atom. The summed E-state index contributed by atoms with van der Waals surface area (Å²) in [5, 5.41) is 16.1. The molecule has 4 heterocycles. The van der Waals surface area contributed by atoms with Crippen molar-refractivity contribution in [2.24, 2.45) is 0 Å². The fraction of sp³-hybridized carbons (Fsp3) is 0.0588. The molecule has 0 unspecified atom stereocenters. The van der Waals surface area contributed by atoms with E-state index in [0.29, 0.717) is 6.04 Å². The molecule has 0 spiro atoms. The molecule has 1 radical (unpaired) electrons. The molecule has 8 rings (SSSR count). The van der Waals surface area contributed by atoms with Crippen molar-refractivity contribution in [3.05, 3.63) is 109 Å². The van der Waals surface area contributed by atoms with Gasteiger partial charge in [-0.2, -0.15) is 0 Å². The molecule has 197 valence electrons. The molecule has 0 fully saturated rings. The van der Waals surface area contributed by atoms with Crippen molar-refractivity contribution in [1.29, 1.82) is 0 Å². The van der Waals surface area contributed by atoms with Crippen molar-refractivity contribution < 1.29 is 31.4 Å². The number of pyridine rings is 1. The van der Waals surface area contributed by atoms with Gasteiger partial charge in [-0.3, -0.25) is 4.79 Å². The van der Waals surface area contributed by atoms with Gasteiger partial charge in [0, 0.05) is 68.8 Å². The number of rotatable bonds is 2. The smallest absolute Gasteiger partial charge is 0.155 e. The number of para-hydroxylation sites is 1. The van der Waals surface area contributed by atoms with Crippen molar-refractivity contribution in [3.63, 3.8) is 0 Å². The van der Waals surface area contributed by atoms with Gasteiger partial charge in [0.25, 0.3) is 0 Å². The number of carbonyl (C=O) groups excluding carboxylic acids is 1. The van der Waals surface area contributed by atoms with Gasteiger partial charge < -0.3 is 14.5 Å². The molecule has 4 aromatic carbocycles. The van der Waals surface area contributed by atoms with Gasteiger partial charge in [0.2, 0.25) is 0 Å². The van der Waals surface area contributed by atoms with Crippen molar-refractivity contribution in [1.82, 2.24) is 9.38 Å². The van der Waals surface area contributed by atoms with E-state index in [4.69, 9.17) is 6.48 Å². The minimum Gasteiger partial charge on any atom is -0.512 e. The summed E-state index contributed by atoms with van der Waals surface area (Å²) in [5.41, 5.74) is 5.36. The van der Waals surface area contributed by atoms with Gasteiger partial charge in [0.1, 0.15) is 0 Å². The van der Waals surface area contributed by atoms with E-state index in [1.54, 1.807) is 18.3 Å². The predicted octanol–water partition coefficient (Wildman–Crippen LogP) is 9.10. The van der Waals surface area contributed by atoms with E-state index < -0.39 is 0 Å². The Labute approximate surface area is 249 Å². The molecule has 0 aliphatic rings. The molecule has 0 saturated carbocycles. The van der Waals surface area contributed by atoms with E-state index in [9.17, 15) is 4.79 Å². The molecule has 40 heavy (non-hydrogen) atoms. The van der Waals surface area contributed by atoms with Gasteiger partial charge in [0.05, 0.1) is 12.6 Å². The molecule has 0 atom stereocenters. The van der Waals surface area contributed by atoms with Crippen LogP contribution in [0.15, 0.2) is 103 Å². The molecule has 0 saturated heterocycles. The van der Waals surface area contributed by atoms with E-state index in [1.807, 2.05) is 11.3 Å². The molecular weight excluding hydrogens is 693 g/mol. The quantitative estimate of drug-likeness (QED) is 0.110. The Hall–Kier alpha value is -4.09. The number of aliphatic hydroxyl groups excluding tert-OH is 1. The topological polar surface area (TPSA) is 54.6 Å². The zero-order chi connectivity index (χ0) is 27.5. The summed E-state index contributed by atoms with van der Waals surface area (Å²) in [7, 11) is 0. The van der Waals surface area contributed by atoms with Gasteiger partial charge in [0.15, 0.2) is 5.78 Å². The van der Waals surface area contributed by atoms with Crippen LogP contribution < -0.4 is 0 Å². The van der Waals surface area contributed by atoms with E-state index in [-0.39, 0.29) is 31.6 Å². The van der Waals surface area contributed by atoms with Crippen LogP contribution in [-0.4, -0.2) is 20.3 Å². The molecule has 4 aromatic heterocycles. The summed E-state index contributed by atoms with van der Waals surface area (Å²) in [6, 6.07) is 31.5. The second kappa shape index (κ2) is 10.1. The number of nitrogens with zero attached hydrogens (tertiary/aromatic N) is 2. The fourth-order valence-corrected chi connectivity index (χ4v) is 6.78. The summed E-state index contributed by atoms with van der Waals surface area (Å²) in [6.07, 6.45) is 2.86. The first-order valence-electron chi connectivity index (χ1n) is 13.2. The third kappa shape index (κ3) is 4.08. The van der Waals surface area contributed by atoms with Crippen molar-refractivity contribution in [3.8, 4) is 11.3 Å². The molecule has 0 aliphatic heterocycles. The number of fused-ring (bicyclic) bond motifs is 10. The molecule has 8 aromatic rings. The molecule has 0 bridgehead atoms. The Morgan fingerprint density at radius 2 is 1.70 bits per heavy atom. The number of thiophene rings is 1. The Bertz CT molecular complexity index is 2300. The zero-order valence-corrected chi connectivity index (χ0v) is 24.9. The first kappa shape index (κ1) is 24.9. The van der Waals surface area contributed by atoms with E-state index in [1.165, 1.54) is 72.7 Å². The van der Waals surface area contributed by atoms with Crippen molar-refractivity contribution in [2.45, 2.75) is 13.8 Å². The SMILES string of the molecule is CC(=O)/C=C(/C)O.[2H]c1ccnc(-c2[c-]cc3c(c2)c2cc4sc5ccccc5c4c4c5ccccc5n3c24)c1.[Ir]. The molecule has 1 N–H and O–H groups in total. The molecule has 0 aliphatic carbocycles. The van der Waals surface area contributed by atoms with Crippen LogP contribution >= 0.6 is 11.3 Å². The summed E-state index contributed by atoms with van der Waals surface area (Å²) in [5.74, 6) is -0.0625. The van der Waals surface area contributed by atoms with Crippen LogP contribution in [0.1, 0.15) is 15.2 Å². The Morgan fingerprint density at radius 3 is 2.45 bits per heavy atom. The van der Waals surface area contributed by atoms with E-state index in [2.05, 4.69) is 82.2 Å². The summed E-state index contributed by atoms with van der Waals surface area (Å²) in [4.78, 5) is 14.5. The third-order valence-corrected chi connectivity index (χ3v) is 8.15. The fourth-order valence-electron chi connectivity index (χ4n) is 5.63. The maximum atomic E-state index is 10.0. The van der Waals surface area contributed by atoms with Crippen LogP contribution in [-0.2, 0) is 24.9 Å². The average Bonchev–Trinajstić information content (AvgIpc) is 3.58. The number of carbonyl (C=O) groups is 1. The summed E-state index contributed by atoms with van der Waals surface area (Å²) in [6.45, 7) is 2.85. The molecule has 0 amide bonds. The number of hydrogen-bond acceptors (Lipinski definition) is 4. The number of allylic oxidation sites excluding steroid dienone is 2. The van der Waals surface area contributed by atoms with Crippen LogP contribution in [0.3, 0.4) is 0 Å². The van der Waals surface area contributed by atoms with Crippen LogP contribution in [0.4, 0.5) is 0 Å². The summed E-state index contributed by atoms with van der Waals surface area (Å²) >= 11 is 1.86. The number of aromatic nitrogens is 2. The minimum absolute atomic E-state index is 0. The van der Waals surface area contributed by atoms with Crippen molar-refractivity contribution in [2.75, 3.05) is 0 Å². The predicted molar refractivity (Wildman–Crippen MR) is 163 cm³/mol. The monoisotopic (exact) mass is 717 g/mol. The second-order valence-electron chi connectivity index (χ2n) is 9.65. The second-order valence-corrected chi connectivity index (χ2v) is 10.7. The van der Waals surface area contributed by atoms with Gasteiger partial charge in [-0.15, -0.1) is 35.1 Å². The van der Waals surface area contributed by atoms with Gasteiger partial charge >= 0.3 is 0 Å². The molecule has 4 nitrogen and oxygen atoms in total. The maximum absolute atomic E-state index is 10.0. The summed E-state index contributed by atoms with van der Waals surface area (Å²) < 4.78 is 13.0.